The third-order valence-corrected chi connectivity index (χ3v) is 8.34. The first-order valence-electron chi connectivity index (χ1n) is 12.7. The highest BCUT2D eigenvalue weighted by molar-refractivity contribution is 7.09. The van der Waals surface area contributed by atoms with Crippen LogP contribution in [-0.2, 0) is 20.9 Å². The minimum atomic E-state index is -0.878. The molecule has 198 valence electrons. The van der Waals surface area contributed by atoms with E-state index in [0.717, 1.165) is 28.0 Å². The van der Waals surface area contributed by atoms with Crippen LogP contribution in [0.4, 0.5) is 0 Å². The number of nitrogens with zero attached hydrogens (tertiary/aromatic N) is 1. The van der Waals surface area contributed by atoms with Crippen molar-refractivity contribution < 1.29 is 29.6 Å². The number of hydrogen-bond donors (Lipinski definition) is 3. The van der Waals surface area contributed by atoms with Gasteiger partial charge in [-0.15, -0.1) is 11.3 Å². The van der Waals surface area contributed by atoms with Gasteiger partial charge in [0.05, 0.1) is 37.7 Å². The number of likely N-dealkylation sites (tertiary alicyclic amines) is 1. The second-order valence-electron chi connectivity index (χ2n) is 9.76. The number of imide groups is 1. The van der Waals surface area contributed by atoms with Gasteiger partial charge in [-0.05, 0) is 66.0 Å². The minimum absolute atomic E-state index is 0.199. The highest BCUT2D eigenvalue weighted by Crippen LogP contribution is 2.46. The van der Waals surface area contributed by atoms with Crippen LogP contribution in [0.1, 0.15) is 43.0 Å². The van der Waals surface area contributed by atoms with Gasteiger partial charge in [-0.1, -0.05) is 36.8 Å². The fraction of sp³-hybridized carbons (Fsp3) is 0.448. The van der Waals surface area contributed by atoms with Gasteiger partial charge in [0.15, 0.2) is 0 Å². The molecular weight excluding hydrogens is 490 g/mol. The SMILES string of the molecule is CC/C(=C\c1cccc(O)c1)CC[C@@H](O)C1=C(COC)C[C@H]2C(=O)N(Cc3cccs3)C(=O)[C@H]2[C@H]1CO. The maximum absolute atomic E-state index is 13.5. The third kappa shape index (κ3) is 5.88. The molecule has 2 amide bonds. The molecule has 4 rings (SSSR count). The van der Waals surface area contributed by atoms with Crippen LogP contribution in [0, 0.1) is 17.8 Å². The second-order valence-corrected chi connectivity index (χ2v) is 10.8. The molecule has 1 fully saturated rings. The van der Waals surface area contributed by atoms with Crippen LogP contribution in [-0.4, -0.2) is 58.5 Å². The molecule has 37 heavy (non-hydrogen) atoms. The zero-order valence-corrected chi connectivity index (χ0v) is 22.1. The van der Waals surface area contributed by atoms with Crippen molar-refractivity contribution in [3.63, 3.8) is 0 Å². The van der Waals surface area contributed by atoms with Crippen LogP contribution >= 0.6 is 11.3 Å². The summed E-state index contributed by atoms with van der Waals surface area (Å²) in [6, 6.07) is 10.8. The van der Waals surface area contributed by atoms with Gasteiger partial charge in [-0.25, -0.2) is 0 Å². The van der Waals surface area contributed by atoms with E-state index in [9.17, 15) is 24.9 Å². The van der Waals surface area contributed by atoms with Crippen molar-refractivity contribution in [2.75, 3.05) is 20.3 Å². The Balaban J connectivity index is 1.56. The summed E-state index contributed by atoms with van der Waals surface area (Å²) >= 11 is 1.50. The first-order valence-corrected chi connectivity index (χ1v) is 13.6. The summed E-state index contributed by atoms with van der Waals surface area (Å²) in [5, 5.41) is 33.5. The second kappa shape index (κ2) is 12.2. The van der Waals surface area contributed by atoms with Gasteiger partial charge < -0.3 is 20.1 Å². The zero-order valence-electron chi connectivity index (χ0n) is 21.3. The Kier molecular flexibility index (Phi) is 8.97. The molecule has 3 N–H and O–H groups in total. The van der Waals surface area contributed by atoms with Crippen molar-refractivity contribution in [2.24, 2.45) is 17.8 Å². The number of benzene rings is 1. The summed E-state index contributed by atoms with van der Waals surface area (Å²) in [5.74, 6) is -2.17. The minimum Gasteiger partial charge on any atom is -0.508 e. The smallest absolute Gasteiger partial charge is 0.234 e. The predicted molar refractivity (Wildman–Crippen MR) is 143 cm³/mol. The van der Waals surface area contributed by atoms with Gasteiger partial charge >= 0.3 is 0 Å². The van der Waals surface area contributed by atoms with Gasteiger partial charge in [0.1, 0.15) is 5.75 Å². The molecule has 0 radical (unpaired) electrons. The molecule has 1 aliphatic heterocycles. The number of phenols is 1. The summed E-state index contributed by atoms with van der Waals surface area (Å²) in [5.41, 5.74) is 3.43. The van der Waals surface area contributed by atoms with Crippen LogP contribution in [0.15, 0.2) is 58.5 Å². The normalized spacial score (nSPS) is 23.1. The largest absolute Gasteiger partial charge is 0.508 e. The molecule has 1 aromatic heterocycles. The molecule has 1 saturated heterocycles. The number of aromatic hydroxyl groups is 1. The average molecular weight is 526 g/mol. The summed E-state index contributed by atoms with van der Waals surface area (Å²) in [7, 11) is 1.56. The lowest BCUT2D eigenvalue weighted by atomic mass is 9.68. The van der Waals surface area contributed by atoms with Crippen LogP contribution in [0.5, 0.6) is 5.75 Å². The van der Waals surface area contributed by atoms with Crippen molar-refractivity contribution in [1.82, 2.24) is 4.90 Å². The highest BCUT2D eigenvalue weighted by Gasteiger charge is 2.54. The van der Waals surface area contributed by atoms with Gasteiger partial charge in [0.25, 0.3) is 0 Å². The molecule has 8 heteroatoms. The van der Waals surface area contributed by atoms with Crippen LogP contribution in [0.2, 0.25) is 0 Å². The zero-order chi connectivity index (χ0) is 26.5. The Morgan fingerprint density at radius 2 is 2.05 bits per heavy atom. The van der Waals surface area contributed by atoms with E-state index in [2.05, 4.69) is 0 Å². The number of allylic oxidation sites excluding steroid dienone is 1. The number of thiophene rings is 1. The average Bonchev–Trinajstić information content (AvgIpc) is 3.48. The molecule has 0 bridgehead atoms. The number of fused-ring (bicyclic) bond motifs is 1. The van der Waals surface area contributed by atoms with E-state index in [-0.39, 0.29) is 37.3 Å². The lowest BCUT2D eigenvalue weighted by Crippen LogP contribution is -2.39. The number of carbonyl (C=O) groups excluding carboxylic acids is 2. The van der Waals surface area contributed by atoms with E-state index in [4.69, 9.17) is 4.74 Å². The summed E-state index contributed by atoms with van der Waals surface area (Å²) in [6.45, 7) is 2.19. The van der Waals surface area contributed by atoms with Crippen molar-refractivity contribution in [3.8, 4) is 5.75 Å². The van der Waals surface area contributed by atoms with Crippen molar-refractivity contribution >= 4 is 29.2 Å². The molecule has 0 saturated carbocycles. The predicted octanol–water partition coefficient (Wildman–Crippen LogP) is 4.14. The molecule has 1 aliphatic carbocycles. The molecule has 1 aromatic carbocycles. The molecule has 2 heterocycles. The van der Waals surface area contributed by atoms with E-state index < -0.39 is 23.9 Å². The van der Waals surface area contributed by atoms with Crippen LogP contribution < -0.4 is 0 Å². The van der Waals surface area contributed by atoms with E-state index in [1.165, 1.54) is 16.2 Å². The molecule has 2 aliphatic rings. The molecule has 7 nitrogen and oxygen atoms in total. The Labute approximate surface area is 221 Å². The van der Waals surface area contributed by atoms with E-state index >= 15 is 0 Å². The number of rotatable bonds is 11. The van der Waals surface area contributed by atoms with Gasteiger partial charge in [-0.2, -0.15) is 0 Å². The summed E-state index contributed by atoms with van der Waals surface area (Å²) in [6.07, 6.45) is 3.28. The standard InChI is InChI=1S/C29H35NO6S/c1-3-18(12-19-6-4-7-21(32)13-19)9-10-25(33)26-20(17-36-2)14-23-27(24(26)16-31)29(35)30(28(23)34)15-22-8-5-11-37-22/h4-8,11-13,23-25,27,31-33H,3,9-10,14-17H2,1-2H3/b18-12+/t23-,24+,25-,27-/m1/s1. The molecule has 2 aromatic rings. The molecule has 0 unspecified atom stereocenters. The van der Waals surface area contributed by atoms with Crippen molar-refractivity contribution in [3.05, 3.63) is 68.9 Å². The third-order valence-electron chi connectivity index (χ3n) is 7.48. The van der Waals surface area contributed by atoms with E-state index in [1.807, 2.05) is 36.6 Å². The Morgan fingerprint density at radius 1 is 1.24 bits per heavy atom. The van der Waals surface area contributed by atoms with Crippen molar-refractivity contribution in [2.45, 2.75) is 45.3 Å². The quantitative estimate of drug-likeness (QED) is 0.301. The number of hydrogen-bond acceptors (Lipinski definition) is 7. The fourth-order valence-corrected chi connectivity index (χ4v) is 6.42. The van der Waals surface area contributed by atoms with Gasteiger partial charge in [0, 0.05) is 17.9 Å². The van der Waals surface area contributed by atoms with E-state index in [0.29, 0.717) is 24.8 Å². The Hall–Kier alpha value is -2.78. The number of aliphatic hydroxyl groups excluding tert-OH is 2. The summed E-state index contributed by atoms with van der Waals surface area (Å²) in [4.78, 5) is 29.0. The van der Waals surface area contributed by atoms with Gasteiger partial charge in [0.2, 0.25) is 11.8 Å². The van der Waals surface area contributed by atoms with Crippen LogP contribution in [0.3, 0.4) is 0 Å². The first-order chi connectivity index (χ1) is 17.9. The molecule has 4 atom stereocenters. The Bertz CT molecular complexity index is 1170. The number of phenolic OH excluding ortho intramolecular Hbond substituents is 1. The maximum Gasteiger partial charge on any atom is 0.234 e. The Morgan fingerprint density at radius 3 is 2.70 bits per heavy atom. The lowest BCUT2D eigenvalue weighted by molar-refractivity contribution is -0.140. The molecular formula is C29H35NO6S. The highest BCUT2D eigenvalue weighted by atomic mass is 32.1. The monoisotopic (exact) mass is 525 g/mol. The number of methoxy groups -OCH3 is 1. The first kappa shape index (κ1) is 27.3. The number of carbonyl (C=O) groups is 2. The lowest BCUT2D eigenvalue weighted by Gasteiger charge is -2.36. The molecule has 0 spiro atoms. The fourth-order valence-electron chi connectivity index (χ4n) is 5.72. The van der Waals surface area contributed by atoms with Crippen LogP contribution in [0.25, 0.3) is 6.08 Å². The number of ether oxygens (including phenoxy) is 1. The topological polar surface area (TPSA) is 107 Å². The number of amides is 2. The summed E-state index contributed by atoms with van der Waals surface area (Å²) < 4.78 is 5.42. The number of aliphatic hydroxyl groups is 2. The maximum atomic E-state index is 13.5. The van der Waals surface area contributed by atoms with E-state index in [1.54, 1.807) is 25.3 Å². The van der Waals surface area contributed by atoms with Crippen molar-refractivity contribution in [1.29, 1.82) is 0 Å². The van der Waals surface area contributed by atoms with Gasteiger partial charge in [-0.3, -0.25) is 14.5 Å².